The van der Waals surface area contributed by atoms with Crippen LogP contribution in [0, 0.1) is 5.92 Å². The number of hydrogen-bond donors (Lipinski definition) is 0. The van der Waals surface area contributed by atoms with Crippen LogP contribution in [0.3, 0.4) is 0 Å². The summed E-state index contributed by atoms with van der Waals surface area (Å²) in [6.07, 6.45) is 7.56. The van der Waals surface area contributed by atoms with E-state index in [2.05, 4.69) is 7.05 Å². The van der Waals surface area contributed by atoms with Gasteiger partial charge in [-0.05, 0) is 56.7 Å². The van der Waals surface area contributed by atoms with Crippen LogP contribution in [0.15, 0.2) is 18.2 Å². The zero-order chi connectivity index (χ0) is 18.6. The van der Waals surface area contributed by atoms with Crippen LogP contribution in [-0.2, 0) is 4.74 Å². The molecule has 0 bridgehead atoms. The van der Waals surface area contributed by atoms with E-state index in [1.807, 2.05) is 0 Å². The Kier molecular flexibility index (Phi) is 6.07. The third kappa shape index (κ3) is 3.98. The third-order valence-corrected chi connectivity index (χ3v) is 6.35. The number of rotatable bonds is 6. The van der Waals surface area contributed by atoms with Gasteiger partial charge in [0.05, 0.1) is 52.6 Å². The number of ether oxygens (including phenoxy) is 3. The number of carbonyl (C=O) groups excluding carboxylic acids is 1. The largest absolute Gasteiger partial charge is 0.493 e. The Morgan fingerprint density at radius 1 is 1.08 bits per heavy atom. The summed E-state index contributed by atoms with van der Waals surface area (Å²) < 4.78 is 17.3. The molecule has 0 amide bonds. The maximum atomic E-state index is 12.4. The van der Waals surface area contributed by atoms with Crippen molar-refractivity contribution in [2.24, 2.45) is 5.92 Å². The number of esters is 1. The maximum absolute atomic E-state index is 12.4. The molecule has 2 fully saturated rings. The monoisotopic (exact) mass is 362 g/mol. The molecule has 1 aromatic carbocycles. The SMILES string of the molecule is COc1ccc(C(=O)OCC[C@@H]2CCC[N+]3(C)CCCC[C@H]23)cc1OC. The fourth-order valence-corrected chi connectivity index (χ4v) is 4.92. The molecule has 5 nitrogen and oxygen atoms in total. The molecule has 2 aliphatic rings. The highest BCUT2D eigenvalue weighted by Gasteiger charge is 2.43. The Morgan fingerprint density at radius 2 is 1.85 bits per heavy atom. The van der Waals surface area contributed by atoms with Gasteiger partial charge in [0.1, 0.15) is 0 Å². The molecule has 1 unspecified atom stereocenters. The molecule has 0 aromatic heterocycles. The lowest BCUT2D eigenvalue weighted by Gasteiger charge is -2.51. The zero-order valence-corrected chi connectivity index (χ0v) is 16.3. The molecule has 1 aromatic rings. The number of quaternary nitrogens is 1. The predicted molar refractivity (Wildman–Crippen MR) is 101 cm³/mol. The van der Waals surface area contributed by atoms with Gasteiger partial charge >= 0.3 is 5.97 Å². The molecule has 0 spiro atoms. The first-order valence-corrected chi connectivity index (χ1v) is 9.81. The van der Waals surface area contributed by atoms with Gasteiger partial charge in [0.25, 0.3) is 0 Å². The second-order valence-corrected chi connectivity index (χ2v) is 7.89. The van der Waals surface area contributed by atoms with Crippen LogP contribution < -0.4 is 9.47 Å². The summed E-state index contributed by atoms with van der Waals surface area (Å²) in [5.41, 5.74) is 0.504. The second-order valence-electron chi connectivity index (χ2n) is 7.89. The summed E-state index contributed by atoms with van der Waals surface area (Å²) in [4.78, 5) is 12.4. The number of hydrogen-bond acceptors (Lipinski definition) is 4. The van der Waals surface area contributed by atoms with Crippen molar-refractivity contribution in [1.29, 1.82) is 0 Å². The fraction of sp³-hybridized carbons (Fsp3) is 0.667. The zero-order valence-electron chi connectivity index (χ0n) is 16.3. The smallest absolute Gasteiger partial charge is 0.338 e. The van der Waals surface area contributed by atoms with Crippen LogP contribution in [0.25, 0.3) is 0 Å². The van der Waals surface area contributed by atoms with Crippen molar-refractivity contribution in [3.8, 4) is 11.5 Å². The first kappa shape index (κ1) is 19.0. The number of fused-ring (bicyclic) bond motifs is 1. The van der Waals surface area contributed by atoms with E-state index in [9.17, 15) is 4.79 Å². The van der Waals surface area contributed by atoms with Crippen LogP contribution in [0.5, 0.6) is 11.5 Å². The molecule has 0 N–H and O–H groups in total. The molecule has 0 radical (unpaired) electrons. The van der Waals surface area contributed by atoms with Crippen molar-refractivity contribution in [3.05, 3.63) is 23.8 Å². The summed E-state index contributed by atoms with van der Waals surface area (Å²) in [6.45, 7) is 3.12. The van der Waals surface area contributed by atoms with E-state index in [0.29, 0.717) is 29.6 Å². The summed E-state index contributed by atoms with van der Waals surface area (Å²) in [5, 5.41) is 0. The summed E-state index contributed by atoms with van der Waals surface area (Å²) >= 11 is 0. The molecule has 26 heavy (non-hydrogen) atoms. The van der Waals surface area contributed by atoms with E-state index in [1.165, 1.54) is 49.7 Å². The average Bonchev–Trinajstić information content (AvgIpc) is 2.66. The Morgan fingerprint density at radius 3 is 2.62 bits per heavy atom. The van der Waals surface area contributed by atoms with Gasteiger partial charge in [-0.2, -0.15) is 0 Å². The standard InChI is InChI=1S/C21H32NO4/c1-22-12-5-4-8-18(22)16(7-6-13-22)11-14-26-21(23)17-9-10-19(24-2)20(15-17)25-3/h9-10,15-16,18H,4-8,11-14H2,1-3H3/q+1/t16-,18+,22?/m0/s1. The lowest BCUT2D eigenvalue weighted by atomic mass is 9.80. The van der Waals surface area contributed by atoms with Gasteiger partial charge in [0, 0.05) is 5.92 Å². The van der Waals surface area contributed by atoms with E-state index >= 15 is 0 Å². The van der Waals surface area contributed by atoms with Gasteiger partial charge in [-0.15, -0.1) is 0 Å². The van der Waals surface area contributed by atoms with Crippen LogP contribution >= 0.6 is 0 Å². The summed E-state index contributed by atoms with van der Waals surface area (Å²) in [6, 6.07) is 5.88. The highest BCUT2D eigenvalue weighted by Crippen LogP contribution is 2.37. The Balaban J connectivity index is 1.55. The minimum Gasteiger partial charge on any atom is -0.493 e. The molecule has 0 saturated carbocycles. The lowest BCUT2D eigenvalue weighted by molar-refractivity contribution is -0.947. The van der Waals surface area contributed by atoms with Gasteiger partial charge in [0.15, 0.2) is 11.5 Å². The lowest BCUT2D eigenvalue weighted by Crippen LogP contribution is -2.60. The van der Waals surface area contributed by atoms with Crippen LogP contribution in [0.4, 0.5) is 0 Å². The Bertz CT molecular complexity index is 628. The van der Waals surface area contributed by atoms with Gasteiger partial charge in [0.2, 0.25) is 0 Å². The third-order valence-electron chi connectivity index (χ3n) is 6.35. The molecule has 5 heteroatoms. The van der Waals surface area contributed by atoms with Gasteiger partial charge in [-0.3, -0.25) is 0 Å². The maximum Gasteiger partial charge on any atom is 0.338 e. The van der Waals surface area contributed by atoms with Crippen molar-refractivity contribution in [2.45, 2.75) is 44.6 Å². The normalized spacial score (nSPS) is 28.1. The number of carbonyl (C=O) groups is 1. The van der Waals surface area contributed by atoms with Crippen LogP contribution in [0.1, 0.15) is 48.9 Å². The number of benzene rings is 1. The van der Waals surface area contributed by atoms with Crippen LogP contribution in [0.2, 0.25) is 0 Å². The number of methoxy groups -OCH3 is 2. The fourth-order valence-electron chi connectivity index (χ4n) is 4.92. The molecular formula is C21H32NO4+. The summed E-state index contributed by atoms with van der Waals surface area (Å²) in [7, 11) is 5.57. The molecule has 2 aliphatic heterocycles. The van der Waals surface area contributed by atoms with E-state index in [-0.39, 0.29) is 5.97 Å². The molecular weight excluding hydrogens is 330 g/mol. The average molecular weight is 362 g/mol. The van der Waals surface area contributed by atoms with Crippen molar-refractivity contribution >= 4 is 5.97 Å². The van der Waals surface area contributed by atoms with Gasteiger partial charge in [-0.25, -0.2) is 4.79 Å². The Hall–Kier alpha value is -1.75. The van der Waals surface area contributed by atoms with Gasteiger partial charge in [-0.1, -0.05) is 0 Å². The topological polar surface area (TPSA) is 44.8 Å². The first-order valence-electron chi connectivity index (χ1n) is 9.81. The van der Waals surface area contributed by atoms with Crippen molar-refractivity contribution in [1.82, 2.24) is 0 Å². The van der Waals surface area contributed by atoms with E-state index in [4.69, 9.17) is 14.2 Å². The van der Waals surface area contributed by atoms with Crippen molar-refractivity contribution in [3.63, 3.8) is 0 Å². The number of nitrogens with zero attached hydrogens (tertiary/aromatic N) is 1. The van der Waals surface area contributed by atoms with Crippen molar-refractivity contribution < 1.29 is 23.5 Å². The minimum absolute atomic E-state index is 0.289. The Labute approximate surface area is 156 Å². The highest BCUT2D eigenvalue weighted by atomic mass is 16.5. The molecule has 0 aliphatic carbocycles. The molecule has 2 saturated heterocycles. The second kappa shape index (κ2) is 8.30. The highest BCUT2D eigenvalue weighted by molar-refractivity contribution is 5.90. The van der Waals surface area contributed by atoms with Gasteiger partial charge < -0.3 is 18.7 Å². The van der Waals surface area contributed by atoms with Crippen LogP contribution in [-0.4, -0.2) is 57.5 Å². The number of piperidine rings is 2. The predicted octanol–water partition coefficient (Wildman–Crippen LogP) is 3.66. The quantitative estimate of drug-likeness (QED) is 0.572. The minimum atomic E-state index is -0.289. The molecule has 3 rings (SSSR count). The van der Waals surface area contributed by atoms with E-state index < -0.39 is 0 Å². The first-order chi connectivity index (χ1) is 12.6. The van der Waals surface area contributed by atoms with E-state index in [0.717, 1.165) is 12.5 Å². The molecule has 2 heterocycles. The molecule has 3 atom stereocenters. The van der Waals surface area contributed by atoms with Crippen molar-refractivity contribution in [2.75, 3.05) is 41.0 Å². The van der Waals surface area contributed by atoms with E-state index in [1.54, 1.807) is 32.4 Å². The molecule has 144 valence electrons. The summed E-state index contributed by atoms with van der Waals surface area (Å²) in [5.74, 6) is 1.54.